The zero-order chi connectivity index (χ0) is 24.6. The van der Waals surface area contributed by atoms with Crippen molar-refractivity contribution in [2.75, 3.05) is 50.6 Å². The molecule has 1 aliphatic rings. The second-order valence-electron chi connectivity index (χ2n) is 8.34. The van der Waals surface area contributed by atoms with Gasteiger partial charge in [-0.3, -0.25) is 9.78 Å². The Kier molecular flexibility index (Phi) is 6.26. The van der Waals surface area contributed by atoms with E-state index in [1.54, 1.807) is 13.2 Å². The quantitative estimate of drug-likeness (QED) is 0.579. The van der Waals surface area contributed by atoms with E-state index < -0.39 is 17.6 Å². The van der Waals surface area contributed by atoms with Crippen LogP contribution >= 0.6 is 0 Å². The lowest BCUT2D eigenvalue weighted by Gasteiger charge is -2.35. The van der Waals surface area contributed by atoms with Gasteiger partial charge in [-0.1, -0.05) is 6.07 Å². The number of carbonyl (C=O) groups is 1. The predicted octanol–water partition coefficient (Wildman–Crippen LogP) is 4.16. The van der Waals surface area contributed by atoms with Gasteiger partial charge < -0.3 is 25.6 Å². The third-order valence-electron chi connectivity index (χ3n) is 6.18. The number of nitrogens with two attached hydrogens (primary N) is 1. The molecule has 2 heterocycles. The first kappa shape index (κ1) is 23.6. The monoisotopic (exact) mass is 473 g/mol. The second-order valence-corrected chi connectivity index (χ2v) is 8.34. The number of fused-ring (bicyclic) bond motifs is 1. The Morgan fingerprint density at radius 3 is 2.50 bits per heavy atom. The van der Waals surface area contributed by atoms with Crippen LogP contribution in [-0.4, -0.2) is 56.1 Å². The van der Waals surface area contributed by atoms with Crippen molar-refractivity contribution < 1.29 is 22.7 Å². The van der Waals surface area contributed by atoms with Gasteiger partial charge in [0.15, 0.2) is 0 Å². The molecule has 1 aromatic heterocycles. The minimum Gasteiger partial charge on any atom is -0.495 e. The molecule has 1 amide bonds. The van der Waals surface area contributed by atoms with Crippen molar-refractivity contribution in [3.05, 3.63) is 53.2 Å². The lowest BCUT2D eigenvalue weighted by Crippen LogP contribution is -2.44. The van der Waals surface area contributed by atoms with Gasteiger partial charge in [0.05, 0.1) is 35.1 Å². The highest BCUT2D eigenvalue weighted by atomic mass is 19.4. The number of piperazine rings is 1. The number of ether oxygens (including phenoxy) is 1. The molecule has 4 rings (SSSR count). The minimum absolute atomic E-state index is 0.0168. The average molecular weight is 473 g/mol. The van der Waals surface area contributed by atoms with Gasteiger partial charge in [-0.05, 0) is 37.7 Å². The lowest BCUT2D eigenvalue weighted by molar-refractivity contribution is -0.138. The lowest BCUT2D eigenvalue weighted by atomic mass is 10.0. The number of hydrogen-bond acceptors (Lipinski definition) is 6. The van der Waals surface area contributed by atoms with Crippen LogP contribution in [0.5, 0.6) is 5.75 Å². The summed E-state index contributed by atoms with van der Waals surface area (Å²) in [6, 6.07) is 7.50. The van der Waals surface area contributed by atoms with E-state index in [4.69, 9.17) is 10.5 Å². The van der Waals surface area contributed by atoms with Crippen molar-refractivity contribution >= 4 is 33.9 Å². The number of nitrogens with one attached hydrogen (secondary N) is 1. The van der Waals surface area contributed by atoms with E-state index in [0.29, 0.717) is 22.3 Å². The molecular formula is C24H26F3N5O2. The maximum absolute atomic E-state index is 13.5. The van der Waals surface area contributed by atoms with Crippen LogP contribution in [0.4, 0.5) is 30.2 Å². The first-order valence-electron chi connectivity index (χ1n) is 10.8. The van der Waals surface area contributed by atoms with Crippen LogP contribution in [0.15, 0.2) is 36.5 Å². The van der Waals surface area contributed by atoms with E-state index in [9.17, 15) is 18.0 Å². The fourth-order valence-corrected chi connectivity index (χ4v) is 4.20. The Morgan fingerprint density at radius 2 is 1.88 bits per heavy atom. The molecule has 0 atom stereocenters. The van der Waals surface area contributed by atoms with E-state index in [0.717, 1.165) is 37.9 Å². The van der Waals surface area contributed by atoms with Crippen molar-refractivity contribution in [2.45, 2.75) is 13.1 Å². The molecule has 0 unspecified atom stereocenters. The number of alkyl halides is 3. The van der Waals surface area contributed by atoms with Crippen molar-refractivity contribution in [1.82, 2.24) is 9.88 Å². The summed E-state index contributed by atoms with van der Waals surface area (Å²) < 4.78 is 46.0. The summed E-state index contributed by atoms with van der Waals surface area (Å²) in [5, 5.41) is 3.60. The largest absolute Gasteiger partial charge is 0.495 e. The van der Waals surface area contributed by atoms with Crippen LogP contribution in [0.25, 0.3) is 10.9 Å². The van der Waals surface area contributed by atoms with Gasteiger partial charge in [0, 0.05) is 49.5 Å². The Labute approximate surface area is 195 Å². The molecular weight excluding hydrogens is 447 g/mol. The molecule has 0 radical (unpaired) electrons. The number of halogens is 3. The highest BCUT2D eigenvalue weighted by Gasteiger charge is 2.33. The van der Waals surface area contributed by atoms with Gasteiger partial charge in [-0.15, -0.1) is 0 Å². The molecule has 2 aromatic carbocycles. The summed E-state index contributed by atoms with van der Waals surface area (Å²) in [5.74, 6) is -0.115. The number of nitrogens with zero attached hydrogens (tertiary/aromatic N) is 3. The van der Waals surface area contributed by atoms with E-state index >= 15 is 0 Å². The molecule has 1 fully saturated rings. The molecule has 0 aliphatic carbocycles. The number of likely N-dealkylation sites (N-methyl/N-ethyl adjacent to an activating group) is 1. The molecule has 7 nitrogen and oxygen atoms in total. The maximum Gasteiger partial charge on any atom is 0.416 e. The highest BCUT2D eigenvalue weighted by Crippen LogP contribution is 2.40. The smallest absolute Gasteiger partial charge is 0.416 e. The van der Waals surface area contributed by atoms with Crippen molar-refractivity contribution in [3.8, 4) is 5.75 Å². The summed E-state index contributed by atoms with van der Waals surface area (Å²) in [4.78, 5) is 21.0. The first-order valence-corrected chi connectivity index (χ1v) is 10.8. The zero-order valence-corrected chi connectivity index (χ0v) is 19.2. The number of primary amides is 1. The highest BCUT2D eigenvalue weighted by molar-refractivity contribution is 6.08. The topological polar surface area (TPSA) is 83.7 Å². The van der Waals surface area contributed by atoms with Crippen LogP contribution in [-0.2, 0) is 6.18 Å². The molecule has 3 aromatic rings. The number of carbonyl (C=O) groups excluding carboxylic acids is 1. The fraction of sp³-hybridized carbons (Fsp3) is 0.333. The molecule has 0 saturated carbocycles. The van der Waals surface area contributed by atoms with Gasteiger partial charge in [-0.2, -0.15) is 13.2 Å². The van der Waals surface area contributed by atoms with E-state index in [-0.39, 0.29) is 16.8 Å². The van der Waals surface area contributed by atoms with Crippen LogP contribution in [0, 0.1) is 6.92 Å². The summed E-state index contributed by atoms with van der Waals surface area (Å²) in [5.41, 5.74) is 6.82. The van der Waals surface area contributed by atoms with Crippen molar-refractivity contribution in [3.63, 3.8) is 0 Å². The summed E-state index contributed by atoms with van der Waals surface area (Å²) in [6.07, 6.45) is -3.18. The van der Waals surface area contributed by atoms with Gasteiger partial charge in [-0.25, -0.2) is 0 Å². The Morgan fingerprint density at radius 1 is 1.18 bits per heavy atom. The Balaban J connectivity index is 1.89. The summed E-state index contributed by atoms with van der Waals surface area (Å²) in [6.45, 7) is 4.68. The van der Waals surface area contributed by atoms with Gasteiger partial charge in [0.2, 0.25) is 0 Å². The maximum atomic E-state index is 13.5. The molecule has 3 N–H and O–H groups in total. The predicted molar refractivity (Wildman–Crippen MR) is 126 cm³/mol. The number of pyridine rings is 1. The van der Waals surface area contributed by atoms with Gasteiger partial charge in [0.25, 0.3) is 5.91 Å². The van der Waals surface area contributed by atoms with Crippen LogP contribution < -0.4 is 20.7 Å². The standard InChI is InChI=1S/C24H26F3N5O2/c1-14-17(24(25,26)27)5-4-6-18(14)30-22-15-11-20(32-9-7-31(2)8-10-32)21(34-3)12-19(15)29-13-16(22)23(28)33/h4-6,11-13H,7-10H2,1-3H3,(H2,28,33)(H,29,30). The fourth-order valence-electron chi connectivity index (χ4n) is 4.20. The van der Waals surface area contributed by atoms with Crippen LogP contribution in [0.1, 0.15) is 21.5 Å². The van der Waals surface area contributed by atoms with Crippen molar-refractivity contribution in [2.24, 2.45) is 5.73 Å². The number of amides is 1. The molecule has 0 bridgehead atoms. The minimum atomic E-state index is -4.50. The molecule has 180 valence electrons. The van der Waals surface area contributed by atoms with E-state index in [2.05, 4.69) is 27.1 Å². The first-order chi connectivity index (χ1) is 16.1. The van der Waals surface area contributed by atoms with E-state index in [1.165, 1.54) is 25.3 Å². The molecule has 1 saturated heterocycles. The SMILES string of the molecule is COc1cc2ncc(C(N)=O)c(Nc3cccc(C(F)(F)F)c3C)c2cc1N1CCN(C)CC1. The average Bonchev–Trinajstić information content (AvgIpc) is 2.79. The Bertz CT molecular complexity index is 1240. The molecule has 1 aliphatic heterocycles. The molecule has 10 heteroatoms. The number of anilines is 3. The van der Waals surface area contributed by atoms with Crippen LogP contribution in [0.3, 0.4) is 0 Å². The summed E-state index contributed by atoms with van der Waals surface area (Å²) >= 11 is 0. The Hall–Kier alpha value is -3.53. The third-order valence-corrected chi connectivity index (χ3v) is 6.18. The summed E-state index contributed by atoms with van der Waals surface area (Å²) in [7, 11) is 3.63. The van der Waals surface area contributed by atoms with E-state index in [1.807, 2.05) is 6.07 Å². The molecule has 34 heavy (non-hydrogen) atoms. The van der Waals surface area contributed by atoms with Gasteiger partial charge in [0.1, 0.15) is 5.75 Å². The molecule has 0 spiro atoms. The number of methoxy groups -OCH3 is 1. The zero-order valence-electron chi connectivity index (χ0n) is 19.2. The second kappa shape index (κ2) is 9.02. The van der Waals surface area contributed by atoms with Crippen molar-refractivity contribution in [1.29, 1.82) is 0 Å². The number of aromatic nitrogens is 1. The van der Waals surface area contributed by atoms with Crippen LogP contribution in [0.2, 0.25) is 0 Å². The van der Waals surface area contributed by atoms with Gasteiger partial charge >= 0.3 is 6.18 Å². The normalized spacial score (nSPS) is 14.9. The number of rotatable bonds is 5. The number of benzene rings is 2. The number of hydrogen-bond donors (Lipinski definition) is 2. The third kappa shape index (κ3) is 4.45.